The van der Waals surface area contributed by atoms with Gasteiger partial charge in [0.1, 0.15) is 23.0 Å². The van der Waals surface area contributed by atoms with Crippen LogP contribution >= 0.6 is 11.6 Å². The molecular formula is C25H20ClFN2O4. The number of nitrogens with one attached hydrogen (secondary N) is 1. The minimum Gasteiger partial charge on any atom is -0.495 e. The third-order valence-electron chi connectivity index (χ3n) is 5.21. The Labute approximate surface area is 195 Å². The van der Waals surface area contributed by atoms with Gasteiger partial charge in [-0.05, 0) is 60.5 Å². The minimum atomic E-state index is -0.608. The zero-order valence-corrected chi connectivity index (χ0v) is 18.9. The topological polar surface area (TPSA) is 67.9 Å². The van der Waals surface area contributed by atoms with Crippen LogP contribution < -0.4 is 19.7 Å². The summed E-state index contributed by atoms with van der Waals surface area (Å²) in [5.74, 6) is -0.872. The average Bonchev–Trinajstić information content (AvgIpc) is 3.04. The Hall–Kier alpha value is -3.84. The summed E-state index contributed by atoms with van der Waals surface area (Å²) in [6.07, 6.45) is 0. The lowest BCUT2D eigenvalue weighted by Crippen LogP contribution is -2.32. The van der Waals surface area contributed by atoms with Crippen LogP contribution in [0.4, 0.5) is 15.8 Å². The number of ether oxygens (including phenoxy) is 2. The van der Waals surface area contributed by atoms with Crippen molar-refractivity contribution in [2.45, 2.75) is 6.92 Å². The molecule has 0 saturated heterocycles. The van der Waals surface area contributed by atoms with E-state index in [4.69, 9.17) is 21.1 Å². The van der Waals surface area contributed by atoms with Crippen molar-refractivity contribution in [3.8, 4) is 11.5 Å². The fraction of sp³-hybridized carbons (Fsp3) is 0.120. The number of hydrogen-bond acceptors (Lipinski definition) is 5. The molecule has 2 amide bonds. The molecule has 1 heterocycles. The number of methoxy groups -OCH3 is 2. The van der Waals surface area contributed by atoms with Gasteiger partial charge in [0.2, 0.25) is 0 Å². The summed E-state index contributed by atoms with van der Waals surface area (Å²) in [5.41, 5.74) is 2.13. The highest BCUT2D eigenvalue weighted by Crippen LogP contribution is 2.40. The van der Waals surface area contributed by atoms with Gasteiger partial charge in [-0.3, -0.25) is 9.59 Å². The SMILES string of the molecule is COc1ccc(C)cc1NC1=C(c2ccc(F)cc2)C(=O)N(c2cc(Cl)ccc2OC)C1=O. The van der Waals surface area contributed by atoms with Crippen molar-refractivity contribution in [3.63, 3.8) is 0 Å². The minimum absolute atomic E-state index is 0.0255. The second kappa shape index (κ2) is 8.96. The maximum atomic E-state index is 13.6. The molecule has 33 heavy (non-hydrogen) atoms. The molecule has 0 unspecified atom stereocenters. The first kappa shape index (κ1) is 22.4. The maximum absolute atomic E-state index is 13.6. The van der Waals surface area contributed by atoms with Crippen molar-refractivity contribution in [1.82, 2.24) is 0 Å². The van der Waals surface area contributed by atoms with Gasteiger partial charge in [0, 0.05) is 5.02 Å². The van der Waals surface area contributed by atoms with E-state index in [2.05, 4.69) is 5.32 Å². The number of halogens is 2. The Kier molecular flexibility index (Phi) is 6.07. The molecule has 1 N–H and O–H groups in total. The molecule has 3 aromatic carbocycles. The van der Waals surface area contributed by atoms with E-state index in [0.717, 1.165) is 10.5 Å². The maximum Gasteiger partial charge on any atom is 0.282 e. The van der Waals surface area contributed by atoms with E-state index in [1.165, 1.54) is 44.6 Å². The first-order valence-electron chi connectivity index (χ1n) is 9.98. The molecule has 168 valence electrons. The summed E-state index contributed by atoms with van der Waals surface area (Å²) in [6, 6.07) is 15.4. The Balaban J connectivity index is 1.89. The summed E-state index contributed by atoms with van der Waals surface area (Å²) in [5, 5.41) is 3.40. The molecule has 1 aliphatic heterocycles. The Morgan fingerprint density at radius 2 is 1.55 bits per heavy atom. The number of benzene rings is 3. The van der Waals surface area contributed by atoms with Crippen molar-refractivity contribution in [3.05, 3.63) is 88.3 Å². The van der Waals surface area contributed by atoms with E-state index >= 15 is 0 Å². The van der Waals surface area contributed by atoms with Crippen LogP contribution in [-0.2, 0) is 9.59 Å². The number of aryl methyl sites for hydroxylation is 1. The molecule has 0 radical (unpaired) electrons. The molecule has 0 bridgehead atoms. The van der Waals surface area contributed by atoms with Gasteiger partial charge in [0.25, 0.3) is 11.8 Å². The fourth-order valence-corrected chi connectivity index (χ4v) is 3.81. The third kappa shape index (κ3) is 4.15. The highest BCUT2D eigenvalue weighted by Gasteiger charge is 2.41. The van der Waals surface area contributed by atoms with Crippen LogP contribution in [0, 0.1) is 12.7 Å². The zero-order chi connectivity index (χ0) is 23.7. The number of amides is 2. The van der Waals surface area contributed by atoms with Gasteiger partial charge in [-0.15, -0.1) is 0 Å². The molecule has 1 aliphatic rings. The summed E-state index contributed by atoms with van der Waals surface area (Å²) in [6.45, 7) is 1.89. The van der Waals surface area contributed by atoms with Gasteiger partial charge in [-0.2, -0.15) is 0 Å². The van der Waals surface area contributed by atoms with E-state index in [0.29, 0.717) is 27.8 Å². The molecule has 0 aliphatic carbocycles. The van der Waals surface area contributed by atoms with Gasteiger partial charge in [-0.25, -0.2) is 9.29 Å². The van der Waals surface area contributed by atoms with Crippen LogP contribution in [0.5, 0.6) is 11.5 Å². The molecule has 0 saturated carbocycles. The predicted molar refractivity (Wildman–Crippen MR) is 125 cm³/mol. The number of carbonyl (C=O) groups excluding carboxylic acids is 2. The summed E-state index contributed by atoms with van der Waals surface area (Å²) >= 11 is 6.15. The first-order chi connectivity index (χ1) is 15.8. The molecule has 0 spiro atoms. The molecule has 3 aromatic rings. The van der Waals surface area contributed by atoms with Crippen molar-refractivity contribution in [2.75, 3.05) is 24.4 Å². The van der Waals surface area contributed by atoms with Gasteiger partial charge in [0.05, 0.1) is 31.2 Å². The standard InChI is InChI=1S/C25H20ClFN2O4/c1-14-4-10-20(32-2)18(12-14)28-23-22(15-5-8-17(27)9-6-15)24(30)29(25(23)31)19-13-16(26)7-11-21(19)33-3/h4-13,28H,1-3H3. The monoisotopic (exact) mass is 466 g/mol. The average molecular weight is 467 g/mol. The predicted octanol–water partition coefficient (Wildman–Crippen LogP) is 5.20. The summed E-state index contributed by atoms with van der Waals surface area (Å²) in [7, 11) is 2.94. The molecule has 4 rings (SSSR count). The van der Waals surface area contributed by atoms with Crippen LogP contribution in [0.2, 0.25) is 5.02 Å². The van der Waals surface area contributed by atoms with Gasteiger partial charge < -0.3 is 14.8 Å². The number of carbonyl (C=O) groups is 2. The zero-order valence-electron chi connectivity index (χ0n) is 18.1. The third-order valence-corrected chi connectivity index (χ3v) is 5.45. The quantitative estimate of drug-likeness (QED) is 0.506. The number of imide groups is 1. The van der Waals surface area contributed by atoms with Gasteiger partial charge in [-0.1, -0.05) is 29.8 Å². The van der Waals surface area contributed by atoms with Crippen LogP contribution in [0.25, 0.3) is 5.57 Å². The van der Waals surface area contributed by atoms with Gasteiger partial charge in [0.15, 0.2) is 0 Å². The van der Waals surface area contributed by atoms with E-state index in [-0.39, 0.29) is 17.0 Å². The lowest BCUT2D eigenvalue weighted by molar-refractivity contribution is -0.120. The number of rotatable bonds is 6. The molecular weight excluding hydrogens is 447 g/mol. The number of nitrogens with zero attached hydrogens (tertiary/aromatic N) is 1. The Morgan fingerprint density at radius 1 is 0.879 bits per heavy atom. The second-order valence-corrected chi connectivity index (χ2v) is 7.78. The second-order valence-electron chi connectivity index (χ2n) is 7.35. The number of hydrogen-bond donors (Lipinski definition) is 1. The molecule has 0 atom stereocenters. The van der Waals surface area contributed by atoms with Gasteiger partial charge >= 0.3 is 0 Å². The van der Waals surface area contributed by atoms with Crippen LogP contribution in [-0.4, -0.2) is 26.0 Å². The molecule has 0 aromatic heterocycles. The Bertz CT molecular complexity index is 1290. The summed E-state index contributed by atoms with van der Waals surface area (Å²) < 4.78 is 24.3. The first-order valence-corrected chi connectivity index (χ1v) is 10.4. The van der Waals surface area contributed by atoms with Crippen LogP contribution in [0.1, 0.15) is 11.1 Å². The number of anilines is 2. The van der Waals surface area contributed by atoms with E-state index in [1.807, 2.05) is 13.0 Å². The highest BCUT2D eigenvalue weighted by atomic mass is 35.5. The van der Waals surface area contributed by atoms with E-state index in [9.17, 15) is 14.0 Å². The van der Waals surface area contributed by atoms with Crippen molar-refractivity contribution >= 4 is 40.4 Å². The smallest absolute Gasteiger partial charge is 0.282 e. The van der Waals surface area contributed by atoms with Crippen molar-refractivity contribution in [1.29, 1.82) is 0 Å². The highest BCUT2D eigenvalue weighted by molar-refractivity contribution is 6.46. The van der Waals surface area contributed by atoms with Crippen LogP contribution in [0.3, 0.4) is 0 Å². The summed E-state index contributed by atoms with van der Waals surface area (Å²) in [4.78, 5) is 28.2. The van der Waals surface area contributed by atoms with Crippen LogP contribution in [0.15, 0.2) is 66.4 Å². The molecule has 6 nitrogen and oxygen atoms in total. The lowest BCUT2D eigenvalue weighted by Gasteiger charge is -2.19. The fourth-order valence-electron chi connectivity index (χ4n) is 3.64. The van der Waals surface area contributed by atoms with E-state index in [1.54, 1.807) is 24.3 Å². The Morgan fingerprint density at radius 3 is 2.21 bits per heavy atom. The van der Waals surface area contributed by atoms with E-state index < -0.39 is 17.6 Å². The normalized spacial score (nSPS) is 13.5. The lowest BCUT2D eigenvalue weighted by atomic mass is 10.0. The van der Waals surface area contributed by atoms with Crippen molar-refractivity contribution in [2.24, 2.45) is 0 Å². The van der Waals surface area contributed by atoms with Crippen molar-refractivity contribution < 1.29 is 23.5 Å². The largest absolute Gasteiger partial charge is 0.495 e. The molecule has 8 heteroatoms. The molecule has 0 fully saturated rings.